The minimum Gasteiger partial charge on any atom is -0.497 e. The zero-order valence-electron chi connectivity index (χ0n) is 14.3. The van der Waals surface area contributed by atoms with Gasteiger partial charge in [-0.15, -0.1) is 0 Å². The van der Waals surface area contributed by atoms with E-state index in [4.69, 9.17) is 9.47 Å². The van der Waals surface area contributed by atoms with Crippen LogP contribution in [0.5, 0.6) is 5.75 Å². The number of rotatable bonds is 8. The first kappa shape index (κ1) is 18.8. The third kappa shape index (κ3) is 6.18. The van der Waals surface area contributed by atoms with E-state index in [1.807, 2.05) is 13.8 Å². The number of benzene rings is 1. The Morgan fingerprint density at radius 3 is 2.39 bits per heavy atom. The SMILES string of the molecule is CCOC(=O)CCN(C(=O)Nc1ccc(OC)cc1)C(C)CC. The first-order valence-corrected chi connectivity index (χ1v) is 7.89. The van der Waals surface area contributed by atoms with Gasteiger partial charge in [-0.2, -0.15) is 0 Å². The molecule has 0 aliphatic rings. The number of hydrogen-bond acceptors (Lipinski definition) is 4. The second-order valence-electron chi connectivity index (χ2n) is 5.16. The second-order valence-corrected chi connectivity index (χ2v) is 5.16. The van der Waals surface area contributed by atoms with Gasteiger partial charge in [-0.05, 0) is 44.5 Å². The summed E-state index contributed by atoms with van der Waals surface area (Å²) in [6.45, 7) is 6.40. The number of carbonyl (C=O) groups excluding carboxylic acids is 2. The van der Waals surface area contributed by atoms with E-state index < -0.39 is 0 Å². The van der Waals surface area contributed by atoms with Crippen LogP contribution in [0.1, 0.15) is 33.6 Å². The Morgan fingerprint density at radius 2 is 1.87 bits per heavy atom. The van der Waals surface area contributed by atoms with Gasteiger partial charge < -0.3 is 19.7 Å². The Labute approximate surface area is 137 Å². The molecule has 1 N–H and O–H groups in total. The molecule has 1 unspecified atom stereocenters. The fraction of sp³-hybridized carbons (Fsp3) is 0.529. The number of nitrogens with one attached hydrogen (secondary N) is 1. The topological polar surface area (TPSA) is 67.9 Å². The Morgan fingerprint density at radius 1 is 1.22 bits per heavy atom. The normalized spacial score (nSPS) is 11.5. The van der Waals surface area contributed by atoms with Gasteiger partial charge in [-0.25, -0.2) is 4.79 Å². The van der Waals surface area contributed by atoms with E-state index in [1.54, 1.807) is 43.2 Å². The molecule has 0 heterocycles. The molecule has 0 bridgehead atoms. The van der Waals surface area contributed by atoms with Crippen molar-refractivity contribution in [3.05, 3.63) is 24.3 Å². The van der Waals surface area contributed by atoms with Crippen LogP contribution in [0, 0.1) is 0 Å². The molecule has 0 saturated carbocycles. The Balaban J connectivity index is 2.68. The fourth-order valence-corrected chi connectivity index (χ4v) is 2.06. The third-order valence-electron chi connectivity index (χ3n) is 3.59. The molecule has 0 saturated heterocycles. The van der Waals surface area contributed by atoms with E-state index in [1.165, 1.54) is 0 Å². The van der Waals surface area contributed by atoms with Crippen LogP contribution in [0.2, 0.25) is 0 Å². The molecule has 1 atom stereocenters. The van der Waals surface area contributed by atoms with Gasteiger partial charge in [-0.3, -0.25) is 4.79 Å². The predicted molar refractivity (Wildman–Crippen MR) is 89.7 cm³/mol. The Bertz CT molecular complexity index is 502. The Kier molecular flexibility index (Phi) is 7.94. The highest BCUT2D eigenvalue weighted by atomic mass is 16.5. The van der Waals surface area contributed by atoms with Crippen LogP contribution >= 0.6 is 0 Å². The summed E-state index contributed by atoms with van der Waals surface area (Å²) in [5.41, 5.74) is 0.681. The summed E-state index contributed by atoms with van der Waals surface area (Å²) >= 11 is 0. The summed E-state index contributed by atoms with van der Waals surface area (Å²) in [7, 11) is 1.59. The average Bonchev–Trinajstić information content (AvgIpc) is 2.55. The lowest BCUT2D eigenvalue weighted by Crippen LogP contribution is -2.42. The number of methoxy groups -OCH3 is 1. The number of amides is 2. The maximum atomic E-state index is 12.5. The largest absolute Gasteiger partial charge is 0.497 e. The van der Waals surface area contributed by atoms with Gasteiger partial charge in [0, 0.05) is 18.3 Å². The summed E-state index contributed by atoms with van der Waals surface area (Å²) in [4.78, 5) is 25.6. The lowest BCUT2D eigenvalue weighted by molar-refractivity contribution is -0.143. The number of hydrogen-bond donors (Lipinski definition) is 1. The molecule has 0 aliphatic carbocycles. The lowest BCUT2D eigenvalue weighted by Gasteiger charge is -2.28. The van der Waals surface area contributed by atoms with Crippen molar-refractivity contribution in [2.45, 2.75) is 39.7 Å². The van der Waals surface area contributed by atoms with E-state index >= 15 is 0 Å². The molecule has 0 radical (unpaired) electrons. The van der Waals surface area contributed by atoms with Crippen LogP contribution in [0.25, 0.3) is 0 Å². The quantitative estimate of drug-likeness (QED) is 0.746. The molecule has 1 aromatic carbocycles. The summed E-state index contributed by atoms with van der Waals surface area (Å²) in [5, 5.41) is 2.84. The summed E-state index contributed by atoms with van der Waals surface area (Å²) < 4.78 is 10.0. The monoisotopic (exact) mass is 322 g/mol. The molecule has 0 spiro atoms. The summed E-state index contributed by atoms with van der Waals surface area (Å²) in [6, 6.07) is 6.91. The highest BCUT2D eigenvalue weighted by Crippen LogP contribution is 2.16. The standard InChI is InChI=1S/C17H26N2O4/c1-5-13(3)19(12-11-16(20)23-6-2)17(21)18-14-7-9-15(22-4)10-8-14/h7-10,13H,5-6,11-12H2,1-4H3,(H,18,21). The van der Waals surface area contributed by atoms with E-state index in [0.29, 0.717) is 18.8 Å². The molecular formula is C17H26N2O4. The fourth-order valence-electron chi connectivity index (χ4n) is 2.06. The number of esters is 1. The molecule has 2 amide bonds. The maximum Gasteiger partial charge on any atom is 0.322 e. The van der Waals surface area contributed by atoms with E-state index in [2.05, 4.69) is 5.32 Å². The van der Waals surface area contributed by atoms with Crippen molar-refractivity contribution in [2.75, 3.05) is 25.6 Å². The molecule has 23 heavy (non-hydrogen) atoms. The van der Waals surface area contributed by atoms with Crippen molar-refractivity contribution in [1.29, 1.82) is 0 Å². The van der Waals surface area contributed by atoms with Crippen molar-refractivity contribution in [1.82, 2.24) is 4.90 Å². The third-order valence-corrected chi connectivity index (χ3v) is 3.59. The molecule has 0 fully saturated rings. The van der Waals surface area contributed by atoms with Crippen LogP contribution < -0.4 is 10.1 Å². The highest BCUT2D eigenvalue weighted by Gasteiger charge is 2.20. The van der Waals surface area contributed by atoms with Crippen molar-refractivity contribution in [3.8, 4) is 5.75 Å². The van der Waals surface area contributed by atoms with Crippen LogP contribution in [0.15, 0.2) is 24.3 Å². The van der Waals surface area contributed by atoms with Crippen molar-refractivity contribution >= 4 is 17.7 Å². The summed E-state index contributed by atoms with van der Waals surface area (Å²) in [6.07, 6.45) is 0.993. The zero-order valence-corrected chi connectivity index (χ0v) is 14.3. The van der Waals surface area contributed by atoms with Gasteiger partial charge in [-0.1, -0.05) is 6.92 Å². The predicted octanol–water partition coefficient (Wildman–Crippen LogP) is 3.28. The smallest absolute Gasteiger partial charge is 0.322 e. The first-order chi connectivity index (χ1) is 11.0. The summed E-state index contributed by atoms with van der Waals surface area (Å²) in [5.74, 6) is 0.433. The minimum atomic E-state index is -0.293. The second kappa shape index (κ2) is 9.71. The van der Waals surface area contributed by atoms with Crippen LogP contribution in [0.4, 0.5) is 10.5 Å². The van der Waals surface area contributed by atoms with Gasteiger partial charge >= 0.3 is 12.0 Å². The highest BCUT2D eigenvalue weighted by molar-refractivity contribution is 5.89. The van der Waals surface area contributed by atoms with E-state index in [-0.39, 0.29) is 24.5 Å². The number of carbonyl (C=O) groups is 2. The maximum absolute atomic E-state index is 12.5. The van der Waals surface area contributed by atoms with Gasteiger partial charge in [0.25, 0.3) is 0 Å². The van der Waals surface area contributed by atoms with E-state index in [9.17, 15) is 9.59 Å². The molecule has 6 heteroatoms. The molecular weight excluding hydrogens is 296 g/mol. The average molecular weight is 322 g/mol. The van der Waals surface area contributed by atoms with Crippen molar-refractivity contribution < 1.29 is 19.1 Å². The lowest BCUT2D eigenvalue weighted by atomic mass is 10.2. The van der Waals surface area contributed by atoms with Gasteiger partial charge in [0.1, 0.15) is 5.75 Å². The molecule has 6 nitrogen and oxygen atoms in total. The van der Waals surface area contributed by atoms with E-state index in [0.717, 1.165) is 12.2 Å². The van der Waals surface area contributed by atoms with Crippen LogP contribution in [-0.4, -0.2) is 43.2 Å². The van der Waals surface area contributed by atoms with Gasteiger partial charge in [0.2, 0.25) is 0 Å². The van der Waals surface area contributed by atoms with Crippen LogP contribution in [0.3, 0.4) is 0 Å². The zero-order chi connectivity index (χ0) is 17.2. The molecule has 1 rings (SSSR count). The van der Waals surface area contributed by atoms with Crippen molar-refractivity contribution in [3.63, 3.8) is 0 Å². The first-order valence-electron chi connectivity index (χ1n) is 7.89. The van der Waals surface area contributed by atoms with Crippen molar-refractivity contribution in [2.24, 2.45) is 0 Å². The molecule has 1 aromatic rings. The molecule has 128 valence electrons. The van der Waals surface area contributed by atoms with Crippen LogP contribution in [-0.2, 0) is 9.53 Å². The van der Waals surface area contributed by atoms with Gasteiger partial charge in [0.15, 0.2) is 0 Å². The number of urea groups is 1. The molecule has 0 aromatic heterocycles. The number of nitrogens with zero attached hydrogens (tertiary/aromatic N) is 1. The minimum absolute atomic E-state index is 0.0303. The Hall–Kier alpha value is -2.24. The van der Waals surface area contributed by atoms with Gasteiger partial charge in [0.05, 0.1) is 20.1 Å². The number of ether oxygens (including phenoxy) is 2. The molecule has 0 aliphatic heterocycles. The number of anilines is 1.